The fourth-order valence-corrected chi connectivity index (χ4v) is 3.82. The van der Waals surface area contributed by atoms with Gasteiger partial charge in [0.25, 0.3) is 5.56 Å². The van der Waals surface area contributed by atoms with E-state index in [1.54, 1.807) is 18.2 Å². The van der Waals surface area contributed by atoms with Crippen molar-refractivity contribution in [2.24, 2.45) is 5.10 Å². The van der Waals surface area contributed by atoms with Gasteiger partial charge in [0.05, 0.1) is 29.2 Å². The third-order valence-corrected chi connectivity index (χ3v) is 5.43. The number of esters is 1. The van der Waals surface area contributed by atoms with Gasteiger partial charge >= 0.3 is 11.7 Å². The zero-order chi connectivity index (χ0) is 24.1. The molecule has 12 heteroatoms. The molecule has 1 aromatic heterocycles. The van der Waals surface area contributed by atoms with Gasteiger partial charge in [-0.15, -0.1) is 0 Å². The first-order valence-corrected chi connectivity index (χ1v) is 11.3. The average Bonchev–Trinajstić information content (AvgIpc) is 2.78. The highest BCUT2D eigenvalue weighted by molar-refractivity contribution is 9.10. The van der Waals surface area contributed by atoms with Crippen LogP contribution in [0.15, 0.2) is 49.2 Å². The molecule has 3 aromatic rings. The largest absolute Gasteiger partial charge is 0.474 e. The molecule has 0 radical (unpaired) electrons. The Hall–Kier alpha value is -3.12. The SMILES string of the molecule is CCCc1nc2ccc(Br)cc2c(=O)n1N=Cc1cc(Br)cc([N+](=O)[O-])c1OCC(=O)OC. The number of halogens is 2. The van der Waals surface area contributed by atoms with Crippen LogP contribution in [0.3, 0.4) is 0 Å². The minimum absolute atomic E-state index is 0.182. The van der Waals surface area contributed by atoms with Gasteiger partial charge in [-0.2, -0.15) is 9.78 Å². The summed E-state index contributed by atoms with van der Waals surface area (Å²) in [6.45, 7) is 1.41. The van der Waals surface area contributed by atoms with Crippen molar-refractivity contribution in [3.05, 3.63) is 71.1 Å². The number of nitro benzene ring substituents is 1. The molecule has 1 heterocycles. The molecule has 33 heavy (non-hydrogen) atoms. The Labute approximate surface area is 204 Å². The van der Waals surface area contributed by atoms with Gasteiger partial charge in [0, 0.05) is 27.0 Å². The Morgan fingerprint density at radius 1 is 1.27 bits per heavy atom. The Morgan fingerprint density at radius 2 is 2.03 bits per heavy atom. The zero-order valence-corrected chi connectivity index (χ0v) is 20.8. The van der Waals surface area contributed by atoms with Crippen LogP contribution in [0.5, 0.6) is 5.75 Å². The smallest absolute Gasteiger partial charge is 0.343 e. The summed E-state index contributed by atoms with van der Waals surface area (Å²) in [5.41, 5.74) is -0.0408. The molecule has 10 nitrogen and oxygen atoms in total. The van der Waals surface area contributed by atoms with Crippen LogP contribution in [0, 0.1) is 10.1 Å². The molecule has 0 aliphatic carbocycles. The second-order valence-corrected chi connectivity index (χ2v) is 8.60. The average molecular weight is 582 g/mol. The number of hydrogen-bond acceptors (Lipinski definition) is 8. The highest BCUT2D eigenvalue weighted by Crippen LogP contribution is 2.34. The van der Waals surface area contributed by atoms with Gasteiger partial charge in [-0.05, 0) is 30.7 Å². The van der Waals surface area contributed by atoms with Crippen molar-refractivity contribution < 1.29 is 19.2 Å². The summed E-state index contributed by atoms with van der Waals surface area (Å²) in [6, 6.07) is 7.96. The molecular weight excluding hydrogens is 564 g/mol. The van der Waals surface area contributed by atoms with Crippen molar-refractivity contribution >= 4 is 60.6 Å². The number of nitrogens with zero attached hydrogens (tertiary/aromatic N) is 4. The van der Waals surface area contributed by atoms with E-state index in [0.29, 0.717) is 32.1 Å². The molecule has 0 fully saturated rings. The van der Waals surface area contributed by atoms with Gasteiger partial charge in [0.2, 0.25) is 5.75 Å². The maximum absolute atomic E-state index is 13.2. The lowest BCUT2D eigenvalue weighted by Gasteiger charge is -2.11. The Morgan fingerprint density at radius 3 is 2.70 bits per heavy atom. The molecule has 0 saturated heterocycles. The molecule has 0 aliphatic heterocycles. The van der Waals surface area contributed by atoms with Crippen molar-refractivity contribution in [1.82, 2.24) is 9.66 Å². The Kier molecular flexibility index (Phi) is 7.92. The van der Waals surface area contributed by atoms with Gasteiger partial charge < -0.3 is 9.47 Å². The summed E-state index contributed by atoms with van der Waals surface area (Å²) in [7, 11) is 1.18. The third kappa shape index (κ3) is 5.63. The maximum atomic E-state index is 13.2. The number of hydrogen-bond donors (Lipinski definition) is 0. The lowest BCUT2D eigenvalue weighted by atomic mass is 10.2. The summed E-state index contributed by atoms with van der Waals surface area (Å²) in [4.78, 5) is 40.2. The van der Waals surface area contributed by atoms with Gasteiger partial charge in [-0.25, -0.2) is 9.78 Å². The molecule has 0 bridgehead atoms. The predicted molar refractivity (Wildman–Crippen MR) is 129 cm³/mol. The molecule has 0 aliphatic rings. The highest BCUT2D eigenvalue weighted by atomic mass is 79.9. The third-order valence-electron chi connectivity index (χ3n) is 4.48. The van der Waals surface area contributed by atoms with Crippen LogP contribution in [0.2, 0.25) is 0 Å². The first-order valence-electron chi connectivity index (χ1n) is 9.68. The second kappa shape index (κ2) is 10.7. The number of aryl methyl sites for hydroxylation is 1. The summed E-state index contributed by atoms with van der Waals surface area (Å²) >= 11 is 6.58. The Balaban J connectivity index is 2.17. The van der Waals surface area contributed by atoms with E-state index in [1.807, 2.05) is 6.92 Å². The Bertz CT molecular complexity index is 1320. The standard InChI is InChI=1S/C21H18Br2N4O6/c1-3-4-18-25-16-6-5-13(22)8-15(16)21(29)26(18)24-10-12-7-14(23)9-17(27(30)31)20(12)33-11-19(28)32-2/h5-10H,3-4,11H2,1-2H3. The van der Waals surface area contributed by atoms with Crippen LogP contribution in [0.25, 0.3) is 10.9 Å². The van der Waals surface area contributed by atoms with Crippen LogP contribution in [-0.4, -0.2) is 40.5 Å². The van der Waals surface area contributed by atoms with Gasteiger partial charge in [0.15, 0.2) is 6.61 Å². The summed E-state index contributed by atoms with van der Waals surface area (Å²) in [5, 5.41) is 16.2. The number of carbonyl (C=O) groups excluding carboxylic acids is 1. The van der Waals surface area contributed by atoms with Crippen molar-refractivity contribution in [2.45, 2.75) is 19.8 Å². The topological polar surface area (TPSA) is 126 Å². The molecule has 3 rings (SSSR count). The first-order chi connectivity index (χ1) is 15.7. The van der Waals surface area contributed by atoms with E-state index in [4.69, 9.17) is 4.74 Å². The second-order valence-electron chi connectivity index (χ2n) is 6.77. The molecule has 0 atom stereocenters. The molecule has 0 amide bonds. The van der Waals surface area contributed by atoms with Crippen LogP contribution in [0.4, 0.5) is 5.69 Å². The van der Waals surface area contributed by atoms with Gasteiger partial charge in [0.1, 0.15) is 5.82 Å². The van der Waals surface area contributed by atoms with Crippen molar-refractivity contribution in [2.75, 3.05) is 13.7 Å². The lowest BCUT2D eigenvalue weighted by Crippen LogP contribution is -2.22. The van der Waals surface area contributed by atoms with Crippen LogP contribution in [-0.2, 0) is 16.0 Å². The van der Waals surface area contributed by atoms with Crippen LogP contribution < -0.4 is 10.3 Å². The predicted octanol–water partition coefficient (Wildman–Crippen LogP) is 4.22. The number of nitro groups is 1. The monoisotopic (exact) mass is 580 g/mol. The van der Waals surface area contributed by atoms with E-state index < -0.39 is 17.5 Å². The van der Waals surface area contributed by atoms with E-state index >= 15 is 0 Å². The van der Waals surface area contributed by atoms with E-state index in [0.717, 1.165) is 11.1 Å². The van der Waals surface area contributed by atoms with Crippen molar-refractivity contribution in [1.29, 1.82) is 0 Å². The van der Waals surface area contributed by atoms with E-state index in [-0.39, 0.29) is 22.6 Å². The molecule has 172 valence electrons. The fraction of sp³-hybridized carbons (Fsp3) is 0.238. The number of carbonyl (C=O) groups is 1. The first kappa shape index (κ1) is 24.5. The van der Waals surface area contributed by atoms with Crippen LogP contribution in [0.1, 0.15) is 24.7 Å². The van der Waals surface area contributed by atoms with Gasteiger partial charge in [-0.1, -0.05) is 38.8 Å². The molecule has 0 N–H and O–H groups in total. The number of benzene rings is 2. The van der Waals surface area contributed by atoms with Crippen molar-refractivity contribution in [3.8, 4) is 5.75 Å². The number of fused-ring (bicyclic) bond motifs is 1. The summed E-state index contributed by atoms with van der Waals surface area (Å²) in [5.74, 6) is -0.449. The molecular formula is C21H18Br2N4O6. The van der Waals surface area contributed by atoms with Gasteiger partial charge in [-0.3, -0.25) is 14.9 Å². The quantitative estimate of drug-likeness (QED) is 0.169. The number of aromatic nitrogens is 2. The maximum Gasteiger partial charge on any atom is 0.343 e. The normalized spacial score (nSPS) is 11.2. The van der Waals surface area contributed by atoms with Crippen LogP contribution >= 0.6 is 31.9 Å². The number of methoxy groups -OCH3 is 1. The van der Waals surface area contributed by atoms with E-state index in [1.165, 1.54) is 25.5 Å². The zero-order valence-electron chi connectivity index (χ0n) is 17.6. The van der Waals surface area contributed by atoms with E-state index in [9.17, 15) is 19.7 Å². The lowest BCUT2D eigenvalue weighted by molar-refractivity contribution is -0.385. The molecule has 0 saturated carbocycles. The minimum atomic E-state index is -0.708. The summed E-state index contributed by atoms with van der Waals surface area (Å²) < 4.78 is 12.2. The highest BCUT2D eigenvalue weighted by Gasteiger charge is 2.22. The van der Waals surface area contributed by atoms with E-state index in [2.05, 4.69) is 46.7 Å². The molecule has 0 spiro atoms. The molecule has 0 unspecified atom stereocenters. The fourth-order valence-electron chi connectivity index (χ4n) is 3.00. The van der Waals surface area contributed by atoms with Crippen molar-refractivity contribution in [3.63, 3.8) is 0 Å². The summed E-state index contributed by atoms with van der Waals surface area (Å²) in [6.07, 6.45) is 2.47. The number of rotatable bonds is 8. The molecule has 2 aromatic carbocycles. The number of ether oxygens (including phenoxy) is 2. The minimum Gasteiger partial charge on any atom is -0.474 e.